The Labute approximate surface area is 111 Å². The van der Waals surface area contributed by atoms with Gasteiger partial charge in [0.05, 0.1) is 11.9 Å². The quantitative estimate of drug-likeness (QED) is 0.615. The summed E-state index contributed by atoms with van der Waals surface area (Å²) in [6, 6.07) is 6.13. The van der Waals surface area contributed by atoms with Crippen molar-refractivity contribution >= 4 is 21.7 Å². The van der Waals surface area contributed by atoms with Crippen molar-refractivity contribution in [2.45, 2.75) is 13.0 Å². The Hall–Kier alpha value is -1.64. The van der Waals surface area contributed by atoms with E-state index >= 15 is 0 Å². The van der Waals surface area contributed by atoms with Crippen molar-refractivity contribution in [3.8, 4) is 0 Å². The molecule has 1 aromatic rings. The normalized spacial score (nSPS) is 12.8. The highest BCUT2D eigenvalue weighted by molar-refractivity contribution is 7.89. The first-order chi connectivity index (χ1) is 8.78. The van der Waals surface area contributed by atoms with Crippen molar-refractivity contribution in [2.75, 3.05) is 17.6 Å². The number of rotatable bonds is 5. The third-order valence-electron chi connectivity index (χ3n) is 2.32. The highest BCUT2D eigenvalue weighted by Crippen LogP contribution is 2.15. The van der Waals surface area contributed by atoms with Gasteiger partial charge in [-0.3, -0.25) is 0 Å². The zero-order chi connectivity index (χ0) is 14.5. The van der Waals surface area contributed by atoms with E-state index in [1.165, 1.54) is 0 Å². The number of carbonyl (C=O) groups is 1. The molecule has 1 unspecified atom stereocenters. The number of hydrogen-bond donors (Lipinski definition) is 4. The van der Waals surface area contributed by atoms with E-state index in [4.69, 9.17) is 5.14 Å². The maximum absolute atomic E-state index is 11.4. The van der Waals surface area contributed by atoms with Gasteiger partial charge in [-0.25, -0.2) is 18.4 Å². The monoisotopic (exact) mass is 287 g/mol. The van der Waals surface area contributed by atoms with Crippen LogP contribution in [0.5, 0.6) is 0 Å². The molecule has 0 spiro atoms. The lowest BCUT2D eigenvalue weighted by Crippen LogP contribution is -2.34. The van der Waals surface area contributed by atoms with Gasteiger partial charge in [0, 0.05) is 12.2 Å². The Morgan fingerprint density at radius 1 is 1.37 bits per heavy atom. The van der Waals surface area contributed by atoms with Gasteiger partial charge in [-0.1, -0.05) is 12.1 Å². The van der Waals surface area contributed by atoms with Crippen LogP contribution in [0, 0.1) is 0 Å². The second-order valence-electron chi connectivity index (χ2n) is 4.05. The number of aliphatic hydroxyl groups excluding tert-OH is 1. The predicted octanol–water partition coefficient (Wildman–Crippen LogP) is 0.150. The topological polar surface area (TPSA) is 122 Å². The fourth-order valence-electron chi connectivity index (χ4n) is 1.33. The average Bonchev–Trinajstić information content (AvgIpc) is 2.27. The molecule has 0 fully saturated rings. The minimum absolute atomic E-state index is 0.0591. The van der Waals surface area contributed by atoms with Crippen molar-refractivity contribution in [3.05, 3.63) is 29.8 Å². The van der Waals surface area contributed by atoms with Gasteiger partial charge in [-0.05, 0) is 24.6 Å². The van der Waals surface area contributed by atoms with Crippen LogP contribution >= 0.6 is 0 Å². The average molecular weight is 287 g/mol. The number of sulfonamides is 1. The molecule has 0 radical (unpaired) electrons. The van der Waals surface area contributed by atoms with Gasteiger partial charge in [0.2, 0.25) is 10.0 Å². The van der Waals surface area contributed by atoms with Gasteiger partial charge in [-0.15, -0.1) is 0 Å². The first-order valence-corrected chi connectivity index (χ1v) is 7.33. The van der Waals surface area contributed by atoms with E-state index in [1.807, 2.05) is 0 Å². The molecule has 0 aromatic heterocycles. The molecule has 106 valence electrons. The molecule has 0 aliphatic carbocycles. The van der Waals surface area contributed by atoms with E-state index < -0.39 is 22.2 Å². The SMILES string of the molecule is CC(O)c1ccc(NC(=O)NCCS(N)(=O)=O)cc1. The lowest BCUT2D eigenvalue weighted by Gasteiger charge is -2.09. The lowest BCUT2D eigenvalue weighted by atomic mass is 10.1. The smallest absolute Gasteiger partial charge is 0.319 e. The Morgan fingerprint density at radius 2 is 1.95 bits per heavy atom. The summed E-state index contributed by atoms with van der Waals surface area (Å²) in [4.78, 5) is 11.4. The van der Waals surface area contributed by atoms with Crippen molar-refractivity contribution in [1.29, 1.82) is 0 Å². The third-order valence-corrected chi connectivity index (χ3v) is 3.10. The number of nitrogens with one attached hydrogen (secondary N) is 2. The highest BCUT2D eigenvalue weighted by atomic mass is 32.2. The Balaban J connectivity index is 2.44. The molecule has 2 amide bonds. The van der Waals surface area contributed by atoms with Gasteiger partial charge in [0.25, 0.3) is 0 Å². The van der Waals surface area contributed by atoms with E-state index in [1.54, 1.807) is 31.2 Å². The summed E-state index contributed by atoms with van der Waals surface area (Å²) in [6.07, 6.45) is -0.572. The molecule has 1 aromatic carbocycles. The van der Waals surface area contributed by atoms with E-state index in [2.05, 4.69) is 10.6 Å². The van der Waals surface area contributed by atoms with Gasteiger partial charge in [-0.2, -0.15) is 0 Å². The third kappa shape index (κ3) is 6.18. The summed E-state index contributed by atoms with van der Waals surface area (Å²) >= 11 is 0. The fourth-order valence-corrected chi connectivity index (χ4v) is 1.71. The molecule has 19 heavy (non-hydrogen) atoms. The Bertz CT molecular complexity index is 525. The maximum Gasteiger partial charge on any atom is 0.319 e. The molecule has 1 atom stereocenters. The summed E-state index contributed by atoms with van der Waals surface area (Å²) in [5, 5.41) is 19.0. The van der Waals surface area contributed by atoms with Crippen LogP contribution in [0.4, 0.5) is 10.5 Å². The van der Waals surface area contributed by atoms with Gasteiger partial charge >= 0.3 is 6.03 Å². The lowest BCUT2D eigenvalue weighted by molar-refractivity contribution is 0.199. The maximum atomic E-state index is 11.4. The second-order valence-corrected chi connectivity index (χ2v) is 5.78. The van der Waals surface area contributed by atoms with E-state index in [-0.39, 0.29) is 12.3 Å². The molecule has 5 N–H and O–H groups in total. The number of primary sulfonamides is 1. The van der Waals surface area contributed by atoms with Crippen LogP contribution in [0.2, 0.25) is 0 Å². The number of benzene rings is 1. The summed E-state index contributed by atoms with van der Waals surface area (Å²) < 4.78 is 21.3. The molecule has 0 heterocycles. The molecule has 0 saturated carbocycles. The van der Waals surface area contributed by atoms with E-state index in [0.717, 1.165) is 5.56 Å². The molecule has 0 aliphatic heterocycles. The number of carbonyl (C=O) groups excluding carboxylic acids is 1. The van der Waals surface area contributed by atoms with Crippen LogP contribution < -0.4 is 15.8 Å². The fraction of sp³-hybridized carbons (Fsp3) is 0.364. The molecule has 0 bridgehead atoms. The number of aliphatic hydroxyl groups is 1. The number of hydrogen-bond acceptors (Lipinski definition) is 4. The standard InChI is InChI=1S/C11H17N3O4S/c1-8(15)9-2-4-10(5-3-9)14-11(16)13-6-7-19(12,17)18/h2-5,8,15H,6-7H2,1H3,(H2,12,17,18)(H2,13,14,16). The van der Waals surface area contributed by atoms with Gasteiger partial charge in [0.1, 0.15) is 0 Å². The van der Waals surface area contributed by atoms with Crippen LogP contribution in [0.15, 0.2) is 24.3 Å². The summed E-state index contributed by atoms with van der Waals surface area (Å²) in [6.45, 7) is 1.58. The molecule has 1 rings (SSSR count). The molecular formula is C11H17N3O4S. The zero-order valence-corrected chi connectivity index (χ0v) is 11.3. The van der Waals surface area contributed by atoms with Crippen LogP contribution in [0.25, 0.3) is 0 Å². The number of amides is 2. The van der Waals surface area contributed by atoms with Crippen LogP contribution in [-0.4, -0.2) is 31.9 Å². The minimum atomic E-state index is -3.58. The second kappa shape index (κ2) is 6.50. The molecule has 0 saturated heterocycles. The Kier molecular flexibility index (Phi) is 5.28. The van der Waals surface area contributed by atoms with Gasteiger partial charge < -0.3 is 15.7 Å². The summed E-state index contributed by atoms with van der Waals surface area (Å²) in [5.41, 5.74) is 1.28. The van der Waals surface area contributed by atoms with E-state index in [0.29, 0.717) is 5.69 Å². The molecule has 0 aliphatic rings. The zero-order valence-electron chi connectivity index (χ0n) is 10.5. The first-order valence-electron chi connectivity index (χ1n) is 5.61. The van der Waals surface area contributed by atoms with Crippen molar-refractivity contribution in [1.82, 2.24) is 5.32 Å². The van der Waals surface area contributed by atoms with Crippen molar-refractivity contribution < 1.29 is 18.3 Å². The van der Waals surface area contributed by atoms with Crippen molar-refractivity contribution in [2.24, 2.45) is 5.14 Å². The largest absolute Gasteiger partial charge is 0.389 e. The van der Waals surface area contributed by atoms with Crippen LogP contribution in [0.3, 0.4) is 0 Å². The van der Waals surface area contributed by atoms with Crippen LogP contribution in [-0.2, 0) is 10.0 Å². The number of nitrogens with two attached hydrogens (primary N) is 1. The minimum Gasteiger partial charge on any atom is -0.389 e. The number of anilines is 1. The highest BCUT2D eigenvalue weighted by Gasteiger charge is 2.06. The summed E-state index contributed by atoms with van der Waals surface area (Å²) in [5.74, 6) is -0.318. The first kappa shape index (κ1) is 15.4. The summed E-state index contributed by atoms with van der Waals surface area (Å²) in [7, 11) is -3.58. The van der Waals surface area contributed by atoms with Crippen LogP contribution in [0.1, 0.15) is 18.6 Å². The predicted molar refractivity (Wildman–Crippen MR) is 72.1 cm³/mol. The molecule has 8 heteroatoms. The number of urea groups is 1. The van der Waals surface area contributed by atoms with Gasteiger partial charge in [0.15, 0.2) is 0 Å². The Morgan fingerprint density at radius 3 is 2.42 bits per heavy atom. The molecular weight excluding hydrogens is 270 g/mol. The van der Waals surface area contributed by atoms with Crippen molar-refractivity contribution in [3.63, 3.8) is 0 Å². The van der Waals surface area contributed by atoms with E-state index in [9.17, 15) is 18.3 Å². The molecule has 7 nitrogen and oxygen atoms in total.